The van der Waals surface area contributed by atoms with Gasteiger partial charge < -0.3 is 15.3 Å². The minimum absolute atomic E-state index is 0.0449. The molecule has 0 aliphatic carbocycles. The molecule has 0 fully saturated rings. The van der Waals surface area contributed by atoms with Crippen LogP contribution >= 0.6 is 0 Å². The zero-order chi connectivity index (χ0) is 9.78. The maximum absolute atomic E-state index is 9.72. The van der Waals surface area contributed by atoms with E-state index < -0.39 is 11.5 Å². The molecule has 3 nitrogen and oxygen atoms in total. The first-order chi connectivity index (χ1) is 5.51. The molecule has 0 amide bonds. The smallest absolute Gasteiger partial charge is 0.0662 e. The van der Waals surface area contributed by atoms with Gasteiger partial charge in [0, 0.05) is 17.9 Å². The minimum atomic E-state index is -0.641. The van der Waals surface area contributed by atoms with Crippen molar-refractivity contribution >= 4 is 0 Å². The molecule has 0 saturated heterocycles. The minimum Gasteiger partial charge on any atom is -0.396 e. The van der Waals surface area contributed by atoms with Crippen molar-refractivity contribution in [1.82, 2.24) is 0 Å². The molecular formula is C9H20O3. The molecule has 0 heterocycles. The SMILES string of the molecule is CCC(C)(CO)C(O)C(C)CO. The lowest BCUT2D eigenvalue weighted by Crippen LogP contribution is -2.40. The first-order valence-corrected chi connectivity index (χ1v) is 4.41. The highest BCUT2D eigenvalue weighted by Crippen LogP contribution is 2.29. The molecule has 3 atom stereocenters. The molecule has 3 heteroatoms. The molecule has 74 valence electrons. The van der Waals surface area contributed by atoms with Gasteiger partial charge in [-0.3, -0.25) is 0 Å². The lowest BCUT2D eigenvalue weighted by Gasteiger charge is -2.34. The summed E-state index contributed by atoms with van der Waals surface area (Å²) >= 11 is 0. The van der Waals surface area contributed by atoms with Crippen LogP contribution in [0.4, 0.5) is 0 Å². The first kappa shape index (κ1) is 11.9. The van der Waals surface area contributed by atoms with Crippen molar-refractivity contribution in [3.63, 3.8) is 0 Å². The number of hydrogen-bond acceptors (Lipinski definition) is 3. The average Bonchev–Trinajstić information content (AvgIpc) is 2.14. The van der Waals surface area contributed by atoms with Gasteiger partial charge >= 0.3 is 0 Å². The monoisotopic (exact) mass is 176 g/mol. The summed E-state index contributed by atoms with van der Waals surface area (Å²) in [6, 6.07) is 0. The summed E-state index contributed by atoms with van der Waals surface area (Å²) < 4.78 is 0. The van der Waals surface area contributed by atoms with Crippen LogP contribution in [0.25, 0.3) is 0 Å². The Morgan fingerprint density at radius 2 is 1.83 bits per heavy atom. The van der Waals surface area contributed by atoms with Gasteiger partial charge in [-0.1, -0.05) is 20.8 Å². The maximum atomic E-state index is 9.72. The third-order valence-electron chi connectivity index (χ3n) is 2.71. The van der Waals surface area contributed by atoms with Crippen LogP contribution < -0.4 is 0 Å². The van der Waals surface area contributed by atoms with Crippen LogP contribution in [-0.4, -0.2) is 34.6 Å². The zero-order valence-electron chi connectivity index (χ0n) is 8.12. The van der Waals surface area contributed by atoms with Crippen molar-refractivity contribution in [2.75, 3.05) is 13.2 Å². The van der Waals surface area contributed by atoms with Crippen LogP contribution in [0.5, 0.6) is 0 Å². The van der Waals surface area contributed by atoms with Gasteiger partial charge in [0.1, 0.15) is 0 Å². The van der Waals surface area contributed by atoms with Gasteiger partial charge in [0.05, 0.1) is 12.7 Å². The summed E-state index contributed by atoms with van der Waals surface area (Å²) in [5, 5.41) is 27.6. The second-order valence-corrected chi connectivity index (χ2v) is 3.77. The second kappa shape index (κ2) is 4.80. The van der Waals surface area contributed by atoms with E-state index in [-0.39, 0.29) is 19.1 Å². The van der Waals surface area contributed by atoms with Crippen LogP contribution in [-0.2, 0) is 0 Å². The quantitative estimate of drug-likeness (QED) is 0.567. The highest BCUT2D eigenvalue weighted by atomic mass is 16.3. The maximum Gasteiger partial charge on any atom is 0.0662 e. The van der Waals surface area contributed by atoms with Gasteiger partial charge in [-0.25, -0.2) is 0 Å². The highest BCUT2D eigenvalue weighted by Gasteiger charge is 2.33. The fraction of sp³-hybridized carbons (Fsp3) is 1.00. The van der Waals surface area contributed by atoms with Crippen molar-refractivity contribution < 1.29 is 15.3 Å². The number of rotatable bonds is 5. The molecule has 0 aliphatic heterocycles. The molecule has 0 aromatic carbocycles. The van der Waals surface area contributed by atoms with Crippen LogP contribution in [0.3, 0.4) is 0 Å². The molecule has 3 unspecified atom stereocenters. The van der Waals surface area contributed by atoms with E-state index in [1.807, 2.05) is 13.8 Å². The molecule has 0 radical (unpaired) electrons. The normalized spacial score (nSPS) is 21.5. The van der Waals surface area contributed by atoms with Crippen LogP contribution in [0.1, 0.15) is 27.2 Å². The molecule has 0 bridgehead atoms. The summed E-state index contributed by atoms with van der Waals surface area (Å²) in [6.45, 7) is 5.42. The Labute approximate surface area is 74.0 Å². The van der Waals surface area contributed by atoms with E-state index in [4.69, 9.17) is 10.2 Å². The van der Waals surface area contributed by atoms with E-state index in [2.05, 4.69) is 0 Å². The van der Waals surface area contributed by atoms with Gasteiger partial charge in [0.15, 0.2) is 0 Å². The molecule has 0 saturated carbocycles. The molecular weight excluding hydrogens is 156 g/mol. The van der Waals surface area contributed by atoms with Gasteiger partial charge in [0.25, 0.3) is 0 Å². The van der Waals surface area contributed by atoms with Crippen LogP contribution in [0.2, 0.25) is 0 Å². The van der Waals surface area contributed by atoms with Crippen molar-refractivity contribution in [3.05, 3.63) is 0 Å². The molecule has 3 N–H and O–H groups in total. The van der Waals surface area contributed by atoms with E-state index in [0.29, 0.717) is 6.42 Å². The van der Waals surface area contributed by atoms with Gasteiger partial charge in [0.2, 0.25) is 0 Å². The third kappa shape index (κ3) is 2.44. The van der Waals surface area contributed by atoms with E-state index in [0.717, 1.165) is 0 Å². The largest absolute Gasteiger partial charge is 0.396 e. The summed E-state index contributed by atoms with van der Waals surface area (Å²) in [6.07, 6.45) is 0.0622. The number of hydrogen-bond donors (Lipinski definition) is 3. The van der Waals surface area contributed by atoms with Crippen LogP contribution in [0, 0.1) is 11.3 Å². The van der Waals surface area contributed by atoms with E-state index in [9.17, 15) is 5.11 Å². The predicted molar refractivity (Wildman–Crippen MR) is 47.7 cm³/mol. The van der Waals surface area contributed by atoms with Crippen molar-refractivity contribution in [1.29, 1.82) is 0 Å². The number of aliphatic hydroxyl groups excluding tert-OH is 3. The second-order valence-electron chi connectivity index (χ2n) is 3.77. The molecule has 0 aliphatic rings. The Hall–Kier alpha value is -0.120. The highest BCUT2D eigenvalue weighted by molar-refractivity contribution is 4.83. The van der Waals surface area contributed by atoms with Crippen molar-refractivity contribution in [3.8, 4) is 0 Å². The van der Waals surface area contributed by atoms with Gasteiger partial charge in [-0.2, -0.15) is 0 Å². The summed E-state index contributed by atoms with van der Waals surface area (Å²) in [4.78, 5) is 0. The zero-order valence-corrected chi connectivity index (χ0v) is 8.12. The Morgan fingerprint density at radius 1 is 1.33 bits per heavy atom. The molecule has 0 aromatic rings. The van der Waals surface area contributed by atoms with Gasteiger partial charge in [-0.05, 0) is 6.42 Å². The van der Waals surface area contributed by atoms with Crippen molar-refractivity contribution in [2.45, 2.75) is 33.3 Å². The molecule has 0 aromatic heterocycles. The van der Waals surface area contributed by atoms with E-state index in [1.54, 1.807) is 6.92 Å². The van der Waals surface area contributed by atoms with E-state index in [1.165, 1.54) is 0 Å². The Kier molecular flexibility index (Phi) is 4.75. The standard InChI is InChI=1S/C9H20O3/c1-4-9(3,6-11)8(12)7(2)5-10/h7-8,10-12H,4-6H2,1-3H3. The average molecular weight is 176 g/mol. The predicted octanol–water partition coefficient (Wildman–Crippen LogP) is 0.384. The van der Waals surface area contributed by atoms with E-state index >= 15 is 0 Å². The Bertz CT molecular complexity index is 121. The first-order valence-electron chi connectivity index (χ1n) is 4.41. The molecule has 0 rings (SSSR count). The third-order valence-corrected chi connectivity index (χ3v) is 2.71. The summed E-state index contributed by atoms with van der Waals surface area (Å²) in [5.74, 6) is -0.179. The summed E-state index contributed by atoms with van der Waals surface area (Å²) in [5.41, 5.74) is -0.484. The number of aliphatic hydroxyl groups is 3. The van der Waals surface area contributed by atoms with Crippen molar-refractivity contribution in [2.24, 2.45) is 11.3 Å². The molecule has 0 spiro atoms. The van der Waals surface area contributed by atoms with Crippen LogP contribution in [0.15, 0.2) is 0 Å². The lowest BCUT2D eigenvalue weighted by atomic mass is 9.77. The Balaban J connectivity index is 4.29. The fourth-order valence-electron chi connectivity index (χ4n) is 1.20. The molecule has 12 heavy (non-hydrogen) atoms. The fourth-order valence-corrected chi connectivity index (χ4v) is 1.20. The lowest BCUT2D eigenvalue weighted by molar-refractivity contribution is -0.0508. The van der Waals surface area contributed by atoms with Gasteiger partial charge in [-0.15, -0.1) is 0 Å². The Morgan fingerprint density at radius 3 is 2.08 bits per heavy atom. The topological polar surface area (TPSA) is 60.7 Å². The summed E-state index contributed by atoms with van der Waals surface area (Å²) in [7, 11) is 0.